The van der Waals surface area contributed by atoms with Crippen molar-refractivity contribution in [2.45, 2.75) is 58.3 Å². The maximum Gasteiger partial charge on any atom is 0.229 e. The Labute approximate surface area is 121 Å². The van der Waals surface area contributed by atoms with E-state index in [0.717, 1.165) is 38.8 Å². The molecule has 0 aromatic heterocycles. The van der Waals surface area contributed by atoms with Gasteiger partial charge < -0.3 is 5.32 Å². The summed E-state index contributed by atoms with van der Waals surface area (Å²) < 4.78 is 0. The molecule has 20 heavy (non-hydrogen) atoms. The maximum atomic E-state index is 12.5. The van der Waals surface area contributed by atoms with Gasteiger partial charge in [-0.1, -0.05) is 19.8 Å². The van der Waals surface area contributed by atoms with Crippen molar-refractivity contribution in [2.75, 3.05) is 19.6 Å². The highest BCUT2D eigenvalue weighted by Gasteiger charge is 2.46. The van der Waals surface area contributed by atoms with E-state index in [1.54, 1.807) is 4.90 Å². The van der Waals surface area contributed by atoms with Crippen LogP contribution in [-0.2, 0) is 9.59 Å². The Kier molecular flexibility index (Phi) is 3.61. The molecule has 1 spiro atoms. The number of likely N-dealkylation sites (tertiary alicyclic amines) is 1. The fraction of sp³-hybridized carbons (Fsp3) is 0.875. The van der Waals surface area contributed by atoms with E-state index in [4.69, 9.17) is 0 Å². The van der Waals surface area contributed by atoms with Crippen LogP contribution in [0.25, 0.3) is 0 Å². The van der Waals surface area contributed by atoms with Gasteiger partial charge in [-0.15, -0.1) is 0 Å². The molecule has 0 aromatic rings. The molecule has 0 bridgehead atoms. The molecule has 0 atom stereocenters. The third-order valence-corrected chi connectivity index (χ3v) is 5.67. The second-order valence-electron chi connectivity index (χ2n) is 7.49. The zero-order chi connectivity index (χ0) is 14.2. The van der Waals surface area contributed by atoms with Crippen LogP contribution in [-0.4, -0.2) is 36.3 Å². The molecule has 2 heterocycles. The molecule has 3 aliphatic rings. The molecule has 0 unspecified atom stereocenters. The van der Waals surface area contributed by atoms with E-state index in [1.807, 2.05) is 0 Å². The van der Waals surface area contributed by atoms with E-state index < -0.39 is 0 Å². The normalized spacial score (nSPS) is 29.1. The van der Waals surface area contributed by atoms with Crippen molar-refractivity contribution in [2.24, 2.45) is 10.8 Å². The Morgan fingerprint density at radius 3 is 2.10 bits per heavy atom. The highest BCUT2D eigenvalue weighted by atomic mass is 16.2. The van der Waals surface area contributed by atoms with Gasteiger partial charge in [-0.25, -0.2) is 0 Å². The van der Waals surface area contributed by atoms with Crippen LogP contribution in [0.15, 0.2) is 0 Å². The van der Waals surface area contributed by atoms with Gasteiger partial charge in [0.05, 0.1) is 0 Å². The van der Waals surface area contributed by atoms with Crippen molar-refractivity contribution in [3.05, 3.63) is 0 Å². The Bertz CT molecular complexity index is 387. The van der Waals surface area contributed by atoms with Crippen molar-refractivity contribution >= 4 is 11.8 Å². The van der Waals surface area contributed by atoms with Crippen molar-refractivity contribution in [3.63, 3.8) is 0 Å². The van der Waals surface area contributed by atoms with Gasteiger partial charge in [0.15, 0.2) is 0 Å². The number of piperidine rings is 2. The summed E-state index contributed by atoms with van der Waals surface area (Å²) in [6.07, 6.45) is 7.82. The van der Waals surface area contributed by atoms with Crippen LogP contribution in [0.2, 0.25) is 0 Å². The molecule has 3 fully saturated rings. The number of imide groups is 1. The Hall–Kier alpha value is -0.900. The first-order chi connectivity index (χ1) is 9.52. The summed E-state index contributed by atoms with van der Waals surface area (Å²) >= 11 is 0. The maximum absolute atomic E-state index is 12.5. The number of hydrogen-bond acceptors (Lipinski definition) is 3. The Morgan fingerprint density at radius 2 is 1.55 bits per heavy atom. The van der Waals surface area contributed by atoms with Crippen molar-refractivity contribution in [3.8, 4) is 0 Å². The van der Waals surface area contributed by atoms with Gasteiger partial charge in [0.1, 0.15) is 0 Å². The van der Waals surface area contributed by atoms with Crippen molar-refractivity contribution < 1.29 is 9.59 Å². The number of nitrogens with one attached hydrogen (secondary N) is 1. The SMILES string of the molecule is CC1(CN2C(=O)CC3(CCCC3)CC2=O)CCNCC1. The minimum Gasteiger partial charge on any atom is -0.317 e. The predicted molar refractivity (Wildman–Crippen MR) is 77.1 cm³/mol. The second-order valence-corrected chi connectivity index (χ2v) is 7.49. The molecule has 0 radical (unpaired) electrons. The van der Waals surface area contributed by atoms with Crippen LogP contribution in [0.4, 0.5) is 0 Å². The van der Waals surface area contributed by atoms with Gasteiger partial charge in [-0.3, -0.25) is 14.5 Å². The smallest absolute Gasteiger partial charge is 0.229 e. The molecule has 2 amide bonds. The predicted octanol–water partition coefficient (Wildman–Crippen LogP) is 2.09. The standard InChI is InChI=1S/C16H26N2O2/c1-15(6-8-17-9-7-15)12-18-13(19)10-16(11-14(18)20)4-2-3-5-16/h17H,2-12H2,1H3. The minimum absolute atomic E-state index is 0.0275. The zero-order valence-electron chi connectivity index (χ0n) is 12.5. The van der Waals surface area contributed by atoms with Crippen LogP contribution >= 0.6 is 0 Å². The molecule has 4 nitrogen and oxygen atoms in total. The summed E-state index contributed by atoms with van der Waals surface area (Å²) in [4.78, 5) is 26.5. The summed E-state index contributed by atoms with van der Waals surface area (Å²) in [5.41, 5.74) is 0.135. The Morgan fingerprint density at radius 1 is 1.00 bits per heavy atom. The quantitative estimate of drug-likeness (QED) is 0.787. The monoisotopic (exact) mass is 278 g/mol. The molecule has 4 heteroatoms. The lowest BCUT2D eigenvalue weighted by Gasteiger charge is -2.42. The molecule has 1 saturated carbocycles. The van der Waals surface area contributed by atoms with E-state index in [2.05, 4.69) is 12.2 Å². The lowest BCUT2D eigenvalue weighted by atomic mass is 9.74. The molecular formula is C16H26N2O2. The van der Waals surface area contributed by atoms with Gasteiger partial charge in [-0.05, 0) is 49.6 Å². The molecule has 3 rings (SSSR count). The summed E-state index contributed by atoms with van der Waals surface area (Å²) in [6.45, 7) is 4.84. The Balaban J connectivity index is 1.68. The summed E-state index contributed by atoms with van der Waals surface area (Å²) in [5.74, 6) is 0.172. The van der Waals surface area contributed by atoms with E-state index in [1.165, 1.54) is 12.8 Å². The highest BCUT2D eigenvalue weighted by molar-refractivity contribution is 5.98. The van der Waals surface area contributed by atoms with Crippen LogP contribution in [0.1, 0.15) is 58.3 Å². The van der Waals surface area contributed by atoms with Crippen LogP contribution < -0.4 is 5.32 Å². The number of amides is 2. The third-order valence-electron chi connectivity index (χ3n) is 5.67. The molecule has 1 N–H and O–H groups in total. The molecule has 112 valence electrons. The molecule has 2 saturated heterocycles. The summed E-state index contributed by atoms with van der Waals surface area (Å²) in [5, 5.41) is 3.35. The minimum atomic E-state index is 0.0275. The van der Waals surface area contributed by atoms with E-state index in [0.29, 0.717) is 19.4 Å². The lowest BCUT2D eigenvalue weighted by molar-refractivity contribution is -0.155. The van der Waals surface area contributed by atoms with Gasteiger partial charge in [0.25, 0.3) is 0 Å². The molecule has 0 aromatic carbocycles. The van der Waals surface area contributed by atoms with Crippen LogP contribution in [0, 0.1) is 10.8 Å². The lowest BCUT2D eigenvalue weighted by Crippen LogP contribution is -2.52. The first kappa shape index (κ1) is 14.1. The first-order valence-electron chi connectivity index (χ1n) is 8.06. The molecular weight excluding hydrogens is 252 g/mol. The van der Waals surface area contributed by atoms with Crippen molar-refractivity contribution in [1.29, 1.82) is 0 Å². The molecule has 1 aliphatic carbocycles. The summed E-state index contributed by atoms with van der Waals surface area (Å²) in [6, 6.07) is 0. The average molecular weight is 278 g/mol. The number of carbonyl (C=O) groups is 2. The number of rotatable bonds is 2. The van der Waals surface area contributed by atoms with Gasteiger partial charge in [0, 0.05) is 19.4 Å². The van der Waals surface area contributed by atoms with Gasteiger partial charge >= 0.3 is 0 Å². The topological polar surface area (TPSA) is 49.4 Å². The van der Waals surface area contributed by atoms with E-state index >= 15 is 0 Å². The largest absolute Gasteiger partial charge is 0.317 e. The van der Waals surface area contributed by atoms with E-state index in [-0.39, 0.29) is 22.6 Å². The van der Waals surface area contributed by atoms with Crippen LogP contribution in [0.5, 0.6) is 0 Å². The van der Waals surface area contributed by atoms with Gasteiger partial charge in [0.2, 0.25) is 11.8 Å². The average Bonchev–Trinajstić information content (AvgIpc) is 2.83. The van der Waals surface area contributed by atoms with Gasteiger partial charge in [-0.2, -0.15) is 0 Å². The van der Waals surface area contributed by atoms with Crippen LogP contribution in [0.3, 0.4) is 0 Å². The highest BCUT2D eigenvalue weighted by Crippen LogP contribution is 2.47. The first-order valence-corrected chi connectivity index (χ1v) is 8.06. The fourth-order valence-corrected chi connectivity index (χ4v) is 4.26. The van der Waals surface area contributed by atoms with E-state index in [9.17, 15) is 9.59 Å². The third kappa shape index (κ3) is 2.62. The molecule has 2 aliphatic heterocycles. The number of carbonyl (C=O) groups excluding carboxylic acids is 2. The van der Waals surface area contributed by atoms with Crippen molar-refractivity contribution in [1.82, 2.24) is 10.2 Å². The number of hydrogen-bond donors (Lipinski definition) is 1. The number of nitrogens with zero attached hydrogens (tertiary/aromatic N) is 1. The zero-order valence-corrected chi connectivity index (χ0v) is 12.5. The summed E-state index contributed by atoms with van der Waals surface area (Å²) in [7, 11) is 0. The second kappa shape index (κ2) is 5.14. The fourth-order valence-electron chi connectivity index (χ4n) is 4.26.